The molecule has 1 saturated carbocycles. The Kier molecular flexibility index (Phi) is 3.39. The Balaban J connectivity index is 2.09. The van der Waals surface area contributed by atoms with Gasteiger partial charge in [0.2, 0.25) is 0 Å². The van der Waals surface area contributed by atoms with Crippen molar-refractivity contribution in [1.82, 2.24) is 0 Å². The first kappa shape index (κ1) is 10.7. The van der Waals surface area contributed by atoms with Crippen molar-refractivity contribution in [2.24, 2.45) is 5.92 Å². The Morgan fingerprint density at radius 3 is 2.40 bits per heavy atom. The van der Waals surface area contributed by atoms with Crippen LogP contribution in [0.25, 0.3) is 0 Å². The predicted octanol–water partition coefficient (Wildman–Crippen LogP) is 2.27. The second-order valence-electron chi connectivity index (χ2n) is 4.37. The lowest BCUT2D eigenvalue weighted by Crippen LogP contribution is -2.29. The van der Waals surface area contributed by atoms with Crippen molar-refractivity contribution >= 4 is 0 Å². The molecule has 15 heavy (non-hydrogen) atoms. The van der Waals surface area contributed by atoms with Crippen molar-refractivity contribution < 1.29 is 10.2 Å². The van der Waals surface area contributed by atoms with Gasteiger partial charge in [-0.1, -0.05) is 43.2 Å². The summed E-state index contributed by atoms with van der Waals surface area (Å²) >= 11 is 0. The van der Waals surface area contributed by atoms with E-state index in [1.165, 1.54) is 0 Å². The molecule has 0 amide bonds. The van der Waals surface area contributed by atoms with Gasteiger partial charge >= 0.3 is 0 Å². The van der Waals surface area contributed by atoms with Crippen LogP contribution >= 0.6 is 0 Å². The van der Waals surface area contributed by atoms with Gasteiger partial charge in [-0.05, 0) is 18.4 Å². The maximum absolute atomic E-state index is 10.2. The molecule has 0 bridgehead atoms. The first-order chi connectivity index (χ1) is 7.29. The van der Waals surface area contributed by atoms with Crippen molar-refractivity contribution in [2.75, 3.05) is 0 Å². The fourth-order valence-corrected chi connectivity index (χ4v) is 2.41. The zero-order valence-corrected chi connectivity index (χ0v) is 8.84. The average molecular weight is 206 g/mol. The van der Waals surface area contributed by atoms with E-state index < -0.39 is 6.10 Å². The molecule has 0 saturated heterocycles. The molecule has 82 valence electrons. The fraction of sp³-hybridized carbons (Fsp3) is 0.538. The number of rotatable bonds is 2. The standard InChI is InChI=1S/C13H18O2/c14-12-9-5-4-8-11(12)13(15)10-6-2-1-3-7-10/h1-3,6-7,11-15H,4-5,8-9H2/t11-,12-,13+/m0/s1. The second-order valence-corrected chi connectivity index (χ2v) is 4.37. The molecule has 1 aromatic rings. The molecule has 0 aromatic heterocycles. The second kappa shape index (κ2) is 4.77. The Hall–Kier alpha value is -0.860. The first-order valence-corrected chi connectivity index (χ1v) is 5.70. The van der Waals surface area contributed by atoms with Crippen LogP contribution < -0.4 is 0 Å². The molecular weight excluding hydrogens is 188 g/mol. The summed E-state index contributed by atoms with van der Waals surface area (Å²) in [6.07, 6.45) is 3.10. The third kappa shape index (κ3) is 2.39. The van der Waals surface area contributed by atoms with Gasteiger partial charge in [0.05, 0.1) is 12.2 Å². The summed E-state index contributed by atoms with van der Waals surface area (Å²) in [5.41, 5.74) is 0.920. The lowest BCUT2D eigenvalue weighted by molar-refractivity contribution is -0.0135. The zero-order chi connectivity index (χ0) is 10.7. The third-order valence-electron chi connectivity index (χ3n) is 3.33. The van der Waals surface area contributed by atoms with E-state index in [2.05, 4.69) is 0 Å². The number of benzene rings is 1. The molecule has 0 spiro atoms. The van der Waals surface area contributed by atoms with E-state index in [1.54, 1.807) is 0 Å². The highest BCUT2D eigenvalue weighted by molar-refractivity contribution is 5.18. The van der Waals surface area contributed by atoms with Crippen LogP contribution in [0.2, 0.25) is 0 Å². The maximum Gasteiger partial charge on any atom is 0.0842 e. The van der Waals surface area contributed by atoms with Gasteiger partial charge in [-0.15, -0.1) is 0 Å². The van der Waals surface area contributed by atoms with E-state index in [0.29, 0.717) is 0 Å². The van der Waals surface area contributed by atoms with Crippen LogP contribution in [-0.4, -0.2) is 16.3 Å². The minimum Gasteiger partial charge on any atom is -0.393 e. The average Bonchev–Trinajstić information content (AvgIpc) is 2.30. The van der Waals surface area contributed by atoms with Gasteiger partial charge in [-0.2, -0.15) is 0 Å². The van der Waals surface area contributed by atoms with Gasteiger partial charge in [-0.3, -0.25) is 0 Å². The van der Waals surface area contributed by atoms with Crippen LogP contribution in [0, 0.1) is 5.92 Å². The summed E-state index contributed by atoms with van der Waals surface area (Å²) in [4.78, 5) is 0. The molecule has 1 aliphatic carbocycles. The highest BCUT2D eigenvalue weighted by Gasteiger charge is 2.29. The summed E-state index contributed by atoms with van der Waals surface area (Å²) in [6.45, 7) is 0. The van der Waals surface area contributed by atoms with E-state index >= 15 is 0 Å². The Morgan fingerprint density at radius 2 is 1.73 bits per heavy atom. The topological polar surface area (TPSA) is 40.5 Å². The zero-order valence-electron chi connectivity index (χ0n) is 8.84. The summed E-state index contributed by atoms with van der Waals surface area (Å²) in [5, 5.41) is 20.0. The van der Waals surface area contributed by atoms with Gasteiger partial charge in [0.25, 0.3) is 0 Å². The summed E-state index contributed by atoms with van der Waals surface area (Å²) in [6, 6.07) is 9.63. The molecule has 3 atom stereocenters. The number of hydrogen-bond donors (Lipinski definition) is 2. The quantitative estimate of drug-likeness (QED) is 0.779. The SMILES string of the molecule is O[C@H](c1ccccc1)[C@H]1CCCC[C@@H]1O. The van der Waals surface area contributed by atoms with Crippen molar-refractivity contribution in [2.45, 2.75) is 37.9 Å². The van der Waals surface area contributed by atoms with Gasteiger partial charge in [-0.25, -0.2) is 0 Å². The Bertz CT molecular complexity index is 297. The van der Waals surface area contributed by atoms with Crippen LogP contribution in [0.4, 0.5) is 0 Å². The predicted molar refractivity (Wildman–Crippen MR) is 59.4 cm³/mol. The van der Waals surface area contributed by atoms with Gasteiger partial charge < -0.3 is 10.2 Å². The van der Waals surface area contributed by atoms with Gasteiger partial charge in [0.15, 0.2) is 0 Å². The fourth-order valence-electron chi connectivity index (χ4n) is 2.41. The summed E-state index contributed by atoms with van der Waals surface area (Å²) in [5.74, 6) is 0.0150. The van der Waals surface area contributed by atoms with E-state index in [9.17, 15) is 10.2 Å². The van der Waals surface area contributed by atoms with Crippen LogP contribution in [0.5, 0.6) is 0 Å². The summed E-state index contributed by atoms with van der Waals surface area (Å²) < 4.78 is 0. The van der Waals surface area contributed by atoms with Crippen molar-refractivity contribution in [3.05, 3.63) is 35.9 Å². The van der Waals surface area contributed by atoms with Crippen LogP contribution in [0.3, 0.4) is 0 Å². The molecule has 1 fully saturated rings. The van der Waals surface area contributed by atoms with Crippen molar-refractivity contribution in [1.29, 1.82) is 0 Å². The van der Waals surface area contributed by atoms with Gasteiger partial charge in [0.1, 0.15) is 0 Å². The van der Waals surface area contributed by atoms with Crippen molar-refractivity contribution in [3.63, 3.8) is 0 Å². The number of aliphatic hydroxyl groups excluding tert-OH is 2. The molecule has 2 nitrogen and oxygen atoms in total. The Morgan fingerprint density at radius 1 is 1.07 bits per heavy atom. The first-order valence-electron chi connectivity index (χ1n) is 5.70. The normalized spacial score (nSPS) is 28.7. The van der Waals surface area contributed by atoms with Crippen molar-refractivity contribution in [3.8, 4) is 0 Å². The minimum absolute atomic E-state index is 0.0150. The summed E-state index contributed by atoms with van der Waals surface area (Å²) in [7, 11) is 0. The monoisotopic (exact) mass is 206 g/mol. The number of hydrogen-bond acceptors (Lipinski definition) is 2. The van der Waals surface area contributed by atoms with E-state index in [4.69, 9.17) is 0 Å². The molecule has 2 N–H and O–H groups in total. The molecular formula is C13H18O2. The molecule has 0 heterocycles. The molecule has 1 aliphatic rings. The van der Waals surface area contributed by atoms with E-state index in [1.807, 2.05) is 30.3 Å². The number of aliphatic hydroxyl groups is 2. The smallest absolute Gasteiger partial charge is 0.0842 e. The minimum atomic E-state index is -0.513. The third-order valence-corrected chi connectivity index (χ3v) is 3.33. The van der Waals surface area contributed by atoms with E-state index in [0.717, 1.165) is 31.2 Å². The maximum atomic E-state index is 10.2. The van der Waals surface area contributed by atoms with Gasteiger partial charge in [0, 0.05) is 5.92 Å². The van der Waals surface area contributed by atoms with Crippen LogP contribution in [-0.2, 0) is 0 Å². The molecule has 0 radical (unpaired) electrons. The molecule has 0 unspecified atom stereocenters. The van der Waals surface area contributed by atoms with Crippen LogP contribution in [0.1, 0.15) is 37.4 Å². The van der Waals surface area contributed by atoms with E-state index in [-0.39, 0.29) is 12.0 Å². The lowest BCUT2D eigenvalue weighted by atomic mass is 9.80. The molecule has 2 rings (SSSR count). The highest BCUT2D eigenvalue weighted by atomic mass is 16.3. The highest BCUT2D eigenvalue weighted by Crippen LogP contribution is 2.34. The largest absolute Gasteiger partial charge is 0.393 e. The lowest BCUT2D eigenvalue weighted by Gasteiger charge is -2.31. The molecule has 1 aromatic carbocycles. The van der Waals surface area contributed by atoms with Crippen LogP contribution in [0.15, 0.2) is 30.3 Å². The molecule has 2 heteroatoms. The Labute approximate surface area is 90.6 Å². The molecule has 0 aliphatic heterocycles.